The van der Waals surface area contributed by atoms with Crippen LogP contribution >= 0.6 is 11.3 Å². The average Bonchev–Trinajstić information content (AvgIpc) is 3.65. The zero-order chi connectivity index (χ0) is 24.0. The Morgan fingerprint density at radius 2 is 1.91 bits per heavy atom. The number of carbonyl (C=O) groups excluding carboxylic acids is 2. The molecule has 0 N–H and O–H groups in total. The number of hydrogen-bond acceptors (Lipinski definition) is 8. The first-order chi connectivity index (χ1) is 17.0. The molecule has 7 rings (SSSR count). The van der Waals surface area contributed by atoms with Crippen LogP contribution in [0.25, 0.3) is 0 Å². The maximum atomic E-state index is 13.8. The van der Waals surface area contributed by atoms with Gasteiger partial charge in [-0.25, -0.2) is 4.90 Å². The summed E-state index contributed by atoms with van der Waals surface area (Å²) in [6.07, 6.45) is 4.12. The van der Waals surface area contributed by atoms with Gasteiger partial charge >= 0.3 is 0 Å². The summed E-state index contributed by atoms with van der Waals surface area (Å²) in [5.74, 6) is -1.87. The van der Waals surface area contributed by atoms with Crippen molar-refractivity contribution >= 4 is 39.6 Å². The van der Waals surface area contributed by atoms with E-state index in [-0.39, 0.29) is 41.4 Å². The molecule has 0 unspecified atom stereocenters. The first kappa shape index (κ1) is 20.8. The maximum Gasteiger partial charge on any atom is 0.270 e. The van der Waals surface area contributed by atoms with Crippen molar-refractivity contribution in [1.29, 1.82) is 5.26 Å². The van der Waals surface area contributed by atoms with Crippen molar-refractivity contribution in [3.63, 3.8) is 0 Å². The molecule has 9 nitrogen and oxygen atoms in total. The number of nitrogens with zero attached hydrogens (tertiary/aromatic N) is 4. The molecule has 3 aliphatic carbocycles. The van der Waals surface area contributed by atoms with Gasteiger partial charge in [0.25, 0.3) is 5.69 Å². The third-order valence-electron chi connectivity index (χ3n) is 8.51. The van der Waals surface area contributed by atoms with E-state index in [9.17, 15) is 25.0 Å². The van der Waals surface area contributed by atoms with Gasteiger partial charge in [-0.2, -0.15) is 5.26 Å². The number of hydrogen-bond donors (Lipinski definition) is 0. The molecule has 0 spiro atoms. The number of carbonyl (C=O) groups is 2. The Bertz CT molecular complexity index is 1410. The molecule has 2 saturated carbocycles. The number of benzene rings is 1. The summed E-state index contributed by atoms with van der Waals surface area (Å²) < 4.78 is 0. The number of nitro groups is 1. The standard InChI is InChI=1S/C25H20N4O5S/c26-10-16-13-6-1-2-7-17(13)35-25(16)28-23(30)18-14-9-15(19(18)24(28)31)22-20(14)21(27-34-22)11-4-3-5-12(8-11)29(32)33/h3-5,8,14-15,18-20,22H,1-2,6-7,9H2/t14-,15-,18+,19-,20-,22+/m1/s1. The molecule has 3 fully saturated rings. The molecule has 3 heterocycles. The highest BCUT2D eigenvalue weighted by atomic mass is 32.1. The predicted molar refractivity (Wildman–Crippen MR) is 125 cm³/mol. The molecule has 6 atom stereocenters. The summed E-state index contributed by atoms with van der Waals surface area (Å²) in [5, 5.41) is 25.9. The van der Waals surface area contributed by atoms with Crippen molar-refractivity contribution in [2.24, 2.45) is 34.7 Å². The minimum atomic E-state index is -0.481. The highest BCUT2D eigenvalue weighted by Crippen LogP contribution is 2.62. The van der Waals surface area contributed by atoms with Gasteiger partial charge in [0.05, 0.1) is 28.0 Å². The summed E-state index contributed by atoms with van der Waals surface area (Å²) in [6.45, 7) is 0. The number of imide groups is 1. The number of nitro benzene ring substituents is 1. The molecule has 2 bridgehead atoms. The molecular weight excluding hydrogens is 468 g/mol. The zero-order valence-electron chi connectivity index (χ0n) is 18.5. The number of oxime groups is 1. The number of nitriles is 1. The number of anilines is 1. The number of fused-ring (bicyclic) bond motifs is 9. The SMILES string of the molecule is N#Cc1c(N2C(=O)[C@@H]3[C@H]4C[C@@H]([C@@H]5C(c6cccc([N+](=O)[O-])c6)=NO[C@@H]45)[C@@H]3C2=O)sc2c1CCCC2. The molecular formula is C25H20N4O5S. The van der Waals surface area contributed by atoms with E-state index in [0.29, 0.717) is 28.3 Å². The Balaban J connectivity index is 1.24. The van der Waals surface area contributed by atoms with Gasteiger partial charge in [0.1, 0.15) is 17.2 Å². The van der Waals surface area contributed by atoms with Crippen LogP contribution in [0.4, 0.5) is 10.7 Å². The van der Waals surface area contributed by atoms with E-state index < -0.39 is 16.8 Å². The molecule has 2 aromatic rings. The van der Waals surface area contributed by atoms with Crippen LogP contribution in [0, 0.1) is 51.0 Å². The number of rotatable bonds is 3. The van der Waals surface area contributed by atoms with Crippen LogP contribution in [0.1, 0.15) is 40.8 Å². The normalized spacial score (nSPS) is 32.1. The van der Waals surface area contributed by atoms with Gasteiger partial charge in [0, 0.05) is 34.4 Å². The molecule has 2 aliphatic heterocycles. The quantitative estimate of drug-likeness (QED) is 0.369. The van der Waals surface area contributed by atoms with Crippen molar-refractivity contribution in [1.82, 2.24) is 0 Å². The average molecular weight is 489 g/mol. The first-order valence-electron chi connectivity index (χ1n) is 11.9. The van der Waals surface area contributed by atoms with Gasteiger partial charge in [-0.1, -0.05) is 17.3 Å². The molecule has 35 heavy (non-hydrogen) atoms. The smallest absolute Gasteiger partial charge is 0.270 e. The van der Waals surface area contributed by atoms with E-state index in [4.69, 9.17) is 4.84 Å². The van der Waals surface area contributed by atoms with Crippen molar-refractivity contribution in [3.8, 4) is 6.07 Å². The van der Waals surface area contributed by atoms with E-state index in [1.165, 1.54) is 28.4 Å². The van der Waals surface area contributed by atoms with Crippen molar-refractivity contribution in [3.05, 3.63) is 55.9 Å². The van der Waals surface area contributed by atoms with Gasteiger partial charge < -0.3 is 4.84 Å². The summed E-state index contributed by atoms with van der Waals surface area (Å²) in [4.78, 5) is 46.5. The molecule has 2 amide bonds. The minimum absolute atomic E-state index is 0.0290. The Hall–Kier alpha value is -3.58. The second kappa shape index (κ2) is 7.21. The van der Waals surface area contributed by atoms with Crippen LogP contribution in [0.3, 0.4) is 0 Å². The van der Waals surface area contributed by atoms with Crippen LogP contribution in [-0.2, 0) is 27.3 Å². The Morgan fingerprint density at radius 1 is 1.14 bits per heavy atom. The summed E-state index contributed by atoms with van der Waals surface area (Å²) in [7, 11) is 0. The topological polar surface area (TPSA) is 126 Å². The predicted octanol–water partition coefficient (Wildman–Crippen LogP) is 3.58. The summed E-state index contributed by atoms with van der Waals surface area (Å²) >= 11 is 1.42. The van der Waals surface area contributed by atoms with Crippen LogP contribution in [-0.4, -0.2) is 28.6 Å². The van der Waals surface area contributed by atoms with Gasteiger partial charge in [-0.05, 0) is 43.6 Å². The lowest BCUT2D eigenvalue weighted by atomic mass is 9.71. The number of aryl methyl sites for hydroxylation is 1. The van der Waals surface area contributed by atoms with Crippen LogP contribution in [0.5, 0.6) is 0 Å². The van der Waals surface area contributed by atoms with Crippen LogP contribution < -0.4 is 4.90 Å². The van der Waals surface area contributed by atoms with E-state index in [1.54, 1.807) is 12.1 Å². The molecule has 10 heteroatoms. The Morgan fingerprint density at radius 3 is 2.69 bits per heavy atom. The largest absolute Gasteiger partial charge is 0.391 e. The number of non-ortho nitro benzene ring substituents is 1. The second-order valence-electron chi connectivity index (χ2n) is 10.0. The maximum absolute atomic E-state index is 13.8. The lowest BCUT2D eigenvalue weighted by molar-refractivity contribution is -0.384. The van der Waals surface area contributed by atoms with Crippen LogP contribution in [0.2, 0.25) is 0 Å². The fourth-order valence-corrected chi connectivity index (χ4v) is 8.52. The van der Waals surface area contributed by atoms with Crippen LogP contribution in [0.15, 0.2) is 29.4 Å². The third kappa shape index (κ3) is 2.64. The van der Waals surface area contributed by atoms with E-state index in [2.05, 4.69) is 11.2 Å². The first-order valence-corrected chi connectivity index (χ1v) is 12.7. The molecule has 1 saturated heterocycles. The Kier molecular flexibility index (Phi) is 4.28. The van der Waals surface area contributed by atoms with Gasteiger partial charge in [-0.15, -0.1) is 11.3 Å². The van der Waals surface area contributed by atoms with E-state index in [0.717, 1.165) is 36.1 Å². The fourth-order valence-electron chi connectivity index (χ4n) is 7.17. The second-order valence-corrected chi connectivity index (χ2v) is 11.1. The summed E-state index contributed by atoms with van der Waals surface area (Å²) in [6, 6.07) is 8.57. The van der Waals surface area contributed by atoms with Crippen molar-refractivity contribution in [2.45, 2.75) is 38.2 Å². The summed E-state index contributed by atoms with van der Waals surface area (Å²) in [5.41, 5.74) is 2.68. The molecule has 0 radical (unpaired) electrons. The lowest BCUT2D eigenvalue weighted by Crippen LogP contribution is -2.41. The third-order valence-corrected chi connectivity index (χ3v) is 9.79. The number of thiophene rings is 1. The fraction of sp³-hybridized carbons (Fsp3) is 0.440. The number of amides is 2. The molecule has 1 aromatic heterocycles. The molecule has 176 valence electrons. The van der Waals surface area contributed by atoms with Crippen molar-refractivity contribution < 1.29 is 19.3 Å². The zero-order valence-corrected chi connectivity index (χ0v) is 19.4. The van der Waals surface area contributed by atoms with Gasteiger partial charge in [0.2, 0.25) is 11.8 Å². The van der Waals surface area contributed by atoms with Gasteiger partial charge in [-0.3, -0.25) is 19.7 Å². The highest BCUT2D eigenvalue weighted by molar-refractivity contribution is 7.17. The molecule has 1 aromatic carbocycles. The lowest BCUT2D eigenvalue weighted by Gasteiger charge is -2.29. The van der Waals surface area contributed by atoms with E-state index in [1.807, 2.05) is 0 Å². The highest BCUT2D eigenvalue weighted by Gasteiger charge is 2.70. The Labute approximate surface area is 204 Å². The minimum Gasteiger partial charge on any atom is -0.391 e. The monoisotopic (exact) mass is 488 g/mol. The molecule has 5 aliphatic rings. The van der Waals surface area contributed by atoms with Gasteiger partial charge in [0.15, 0.2) is 0 Å². The van der Waals surface area contributed by atoms with E-state index >= 15 is 0 Å². The van der Waals surface area contributed by atoms with Crippen molar-refractivity contribution in [2.75, 3.05) is 4.90 Å².